The SMILES string of the molecule is C[C@@H]1CNCCN1C(=O)c1ccc(OC2CCN(Cc3ccccn3)CC2)cc1. The summed E-state index contributed by atoms with van der Waals surface area (Å²) in [4.78, 5) is 21.5. The number of amides is 1. The topological polar surface area (TPSA) is 57.7 Å². The Morgan fingerprint density at radius 3 is 2.62 bits per heavy atom. The molecule has 154 valence electrons. The minimum absolute atomic E-state index is 0.105. The van der Waals surface area contributed by atoms with Crippen LogP contribution in [0.25, 0.3) is 0 Å². The molecule has 3 heterocycles. The molecule has 2 aliphatic heterocycles. The number of nitrogens with one attached hydrogen (secondary N) is 1. The number of hydrogen-bond donors (Lipinski definition) is 1. The van der Waals surface area contributed by atoms with Gasteiger partial charge in [-0.1, -0.05) is 6.07 Å². The van der Waals surface area contributed by atoms with Crippen molar-refractivity contribution >= 4 is 5.91 Å². The van der Waals surface area contributed by atoms with Crippen molar-refractivity contribution in [2.75, 3.05) is 32.7 Å². The molecule has 1 aromatic carbocycles. The van der Waals surface area contributed by atoms with Gasteiger partial charge in [0.2, 0.25) is 0 Å². The number of likely N-dealkylation sites (tertiary alicyclic amines) is 1. The molecule has 2 fully saturated rings. The Morgan fingerprint density at radius 2 is 1.93 bits per heavy atom. The Bertz CT molecular complexity index is 788. The monoisotopic (exact) mass is 394 g/mol. The van der Waals surface area contributed by atoms with Gasteiger partial charge in [-0.05, 0) is 56.2 Å². The molecule has 29 heavy (non-hydrogen) atoms. The Hall–Kier alpha value is -2.44. The predicted octanol–water partition coefficient (Wildman–Crippen LogP) is 2.56. The summed E-state index contributed by atoms with van der Waals surface area (Å²) in [6.07, 6.45) is 4.09. The van der Waals surface area contributed by atoms with E-state index in [1.165, 1.54) is 0 Å². The number of piperazine rings is 1. The van der Waals surface area contributed by atoms with Crippen molar-refractivity contribution < 1.29 is 9.53 Å². The van der Waals surface area contributed by atoms with Crippen LogP contribution < -0.4 is 10.1 Å². The van der Waals surface area contributed by atoms with Gasteiger partial charge in [0.05, 0.1) is 5.69 Å². The van der Waals surface area contributed by atoms with E-state index in [0.717, 1.165) is 69.1 Å². The molecular formula is C23H30N4O2. The molecule has 1 N–H and O–H groups in total. The van der Waals surface area contributed by atoms with Gasteiger partial charge in [0, 0.05) is 57.1 Å². The Morgan fingerprint density at radius 1 is 1.14 bits per heavy atom. The van der Waals surface area contributed by atoms with Crippen molar-refractivity contribution in [2.45, 2.75) is 38.5 Å². The molecule has 0 unspecified atom stereocenters. The first kappa shape index (κ1) is 19.9. The summed E-state index contributed by atoms with van der Waals surface area (Å²) in [6, 6.07) is 13.9. The third-order valence-electron chi connectivity index (χ3n) is 5.81. The van der Waals surface area contributed by atoms with Crippen molar-refractivity contribution in [3.8, 4) is 5.75 Å². The molecule has 2 aliphatic rings. The highest BCUT2D eigenvalue weighted by atomic mass is 16.5. The maximum Gasteiger partial charge on any atom is 0.254 e. The lowest BCUT2D eigenvalue weighted by Crippen LogP contribution is -2.52. The van der Waals surface area contributed by atoms with Crippen molar-refractivity contribution in [1.82, 2.24) is 20.1 Å². The second-order valence-corrected chi connectivity index (χ2v) is 7.99. The quantitative estimate of drug-likeness (QED) is 0.845. The summed E-state index contributed by atoms with van der Waals surface area (Å²) in [5.41, 5.74) is 1.85. The van der Waals surface area contributed by atoms with Gasteiger partial charge < -0.3 is 15.0 Å². The third kappa shape index (κ3) is 5.14. The standard InChI is InChI=1S/C23H30N4O2/c1-18-16-24-12-15-27(18)23(28)19-5-7-21(8-6-19)29-22-9-13-26(14-10-22)17-20-4-2-3-11-25-20/h2-8,11,18,22,24H,9-10,12-17H2,1H3/t18-/m1/s1. The van der Waals surface area contributed by atoms with Gasteiger partial charge in [-0.25, -0.2) is 0 Å². The van der Waals surface area contributed by atoms with Crippen molar-refractivity contribution in [3.63, 3.8) is 0 Å². The Balaban J connectivity index is 1.27. The lowest BCUT2D eigenvalue weighted by atomic mass is 10.1. The third-order valence-corrected chi connectivity index (χ3v) is 5.81. The lowest BCUT2D eigenvalue weighted by molar-refractivity contribution is 0.0655. The number of ether oxygens (including phenoxy) is 1. The maximum atomic E-state index is 12.7. The first-order valence-corrected chi connectivity index (χ1v) is 10.6. The van der Waals surface area contributed by atoms with Gasteiger partial charge in [-0.3, -0.25) is 14.7 Å². The van der Waals surface area contributed by atoms with Gasteiger partial charge in [-0.15, -0.1) is 0 Å². The van der Waals surface area contributed by atoms with E-state index in [-0.39, 0.29) is 18.1 Å². The zero-order chi connectivity index (χ0) is 20.1. The molecule has 0 saturated carbocycles. The molecule has 1 aromatic heterocycles. The minimum atomic E-state index is 0.105. The molecule has 4 rings (SSSR count). The smallest absolute Gasteiger partial charge is 0.254 e. The number of pyridine rings is 1. The molecule has 1 amide bonds. The summed E-state index contributed by atoms with van der Waals surface area (Å²) in [6.45, 7) is 7.48. The summed E-state index contributed by atoms with van der Waals surface area (Å²) in [5.74, 6) is 0.950. The summed E-state index contributed by atoms with van der Waals surface area (Å²) < 4.78 is 6.18. The number of benzene rings is 1. The number of piperidine rings is 1. The van der Waals surface area contributed by atoms with Crippen LogP contribution in [0.15, 0.2) is 48.7 Å². The fourth-order valence-corrected chi connectivity index (χ4v) is 4.08. The van der Waals surface area contributed by atoms with E-state index in [9.17, 15) is 4.79 Å². The van der Waals surface area contributed by atoms with Crippen LogP contribution in [0.5, 0.6) is 5.75 Å². The number of carbonyl (C=O) groups is 1. The largest absolute Gasteiger partial charge is 0.490 e. The van der Waals surface area contributed by atoms with Crippen LogP contribution >= 0.6 is 0 Å². The molecular weight excluding hydrogens is 364 g/mol. The van der Waals surface area contributed by atoms with Crippen LogP contribution in [0, 0.1) is 0 Å². The van der Waals surface area contributed by atoms with Crippen LogP contribution in [-0.4, -0.2) is 65.6 Å². The van der Waals surface area contributed by atoms with Crippen LogP contribution in [-0.2, 0) is 6.54 Å². The summed E-state index contributed by atoms with van der Waals surface area (Å²) in [5, 5.41) is 3.32. The molecule has 0 bridgehead atoms. The number of rotatable bonds is 5. The normalized spacial score (nSPS) is 21.1. The first-order chi connectivity index (χ1) is 14.2. The number of carbonyl (C=O) groups excluding carboxylic acids is 1. The molecule has 0 spiro atoms. The van der Waals surface area contributed by atoms with E-state index in [4.69, 9.17) is 4.74 Å². The molecule has 2 aromatic rings. The lowest BCUT2D eigenvalue weighted by Gasteiger charge is -2.34. The molecule has 0 aliphatic carbocycles. The van der Waals surface area contributed by atoms with Gasteiger partial charge in [0.1, 0.15) is 11.9 Å². The fraction of sp³-hybridized carbons (Fsp3) is 0.478. The van der Waals surface area contributed by atoms with Gasteiger partial charge in [0.15, 0.2) is 0 Å². The number of nitrogens with zero attached hydrogens (tertiary/aromatic N) is 3. The zero-order valence-corrected chi connectivity index (χ0v) is 17.1. The molecule has 2 saturated heterocycles. The van der Waals surface area contributed by atoms with Crippen molar-refractivity contribution in [3.05, 3.63) is 59.9 Å². The average molecular weight is 395 g/mol. The second-order valence-electron chi connectivity index (χ2n) is 7.99. The van der Waals surface area contributed by atoms with Gasteiger partial charge >= 0.3 is 0 Å². The van der Waals surface area contributed by atoms with Crippen LogP contribution in [0.4, 0.5) is 0 Å². The average Bonchev–Trinajstić information content (AvgIpc) is 2.76. The van der Waals surface area contributed by atoms with Crippen LogP contribution in [0.2, 0.25) is 0 Å². The van der Waals surface area contributed by atoms with E-state index in [1.807, 2.05) is 47.5 Å². The van der Waals surface area contributed by atoms with Crippen LogP contribution in [0.3, 0.4) is 0 Å². The van der Waals surface area contributed by atoms with Crippen molar-refractivity contribution in [2.24, 2.45) is 0 Å². The molecule has 6 heteroatoms. The van der Waals surface area contributed by atoms with E-state index < -0.39 is 0 Å². The second kappa shape index (κ2) is 9.37. The van der Waals surface area contributed by atoms with Gasteiger partial charge in [0.25, 0.3) is 5.91 Å². The Labute approximate surface area is 172 Å². The van der Waals surface area contributed by atoms with Crippen LogP contribution in [0.1, 0.15) is 35.8 Å². The van der Waals surface area contributed by atoms with E-state index in [0.29, 0.717) is 0 Å². The van der Waals surface area contributed by atoms with E-state index in [2.05, 4.69) is 28.2 Å². The highest BCUT2D eigenvalue weighted by Gasteiger charge is 2.24. The predicted molar refractivity (Wildman–Crippen MR) is 113 cm³/mol. The summed E-state index contributed by atoms with van der Waals surface area (Å²) in [7, 11) is 0. The highest BCUT2D eigenvalue weighted by molar-refractivity contribution is 5.94. The highest BCUT2D eigenvalue weighted by Crippen LogP contribution is 2.21. The fourth-order valence-electron chi connectivity index (χ4n) is 4.08. The zero-order valence-electron chi connectivity index (χ0n) is 17.1. The first-order valence-electron chi connectivity index (χ1n) is 10.6. The molecule has 1 atom stereocenters. The maximum absolute atomic E-state index is 12.7. The number of aromatic nitrogens is 1. The minimum Gasteiger partial charge on any atom is -0.490 e. The molecule has 0 radical (unpaired) electrons. The molecule has 6 nitrogen and oxygen atoms in total. The van der Waals surface area contributed by atoms with Gasteiger partial charge in [-0.2, -0.15) is 0 Å². The summed E-state index contributed by atoms with van der Waals surface area (Å²) >= 11 is 0. The van der Waals surface area contributed by atoms with E-state index in [1.54, 1.807) is 0 Å². The van der Waals surface area contributed by atoms with E-state index >= 15 is 0 Å². The Kier molecular flexibility index (Phi) is 6.42. The van der Waals surface area contributed by atoms with Crippen molar-refractivity contribution in [1.29, 1.82) is 0 Å². The number of hydrogen-bond acceptors (Lipinski definition) is 5.